The van der Waals surface area contributed by atoms with Crippen LogP contribution in [0.3, 0.4) is 0 Å². The van der Waals surface area contributed by atoms with E-state index in [1.165, 1.54) is 25.7 Å². The summed E-state index contributed by atoms with van der Waals surface area (Å²) < 4.78 is 3.46. The van der Waals surface area contributed by atoms with Gasteiger partial charge in [0.2, 0.25) is 0 Å². The first-order chi connectivity index (χ1) is 8.22. The standard InChI is InChI=1S/C13H23N3O/c1-3-14-12(11-6-4-5-7-11)10-16-9-8-15(2)13(16)17/h8-9,11-12,14H,3-7,10H2,1-2H3. The second kappa shape index (κ2) is 5.54. The van der Waals surface area contributed by atoms with Crippen LogP contribution in [0.1, 0.15) is 32.6 Å². The molecule has 0 radical (unpaired) electrons. The number of imidazole rings is 1. The molecular formula is C13H23N3O. The third-order valence-electron chi connectivity index (χ3n) is 3.85. The zero-order chi connectivity index (χ0) is 12.3. The Labute approximate surface area is 103 Å². The molecule has 1 aromatic rings. The lowest BCUT2D eigenvalue weighted by atomic mass is 9.98. The summed E-state index contributed by atoms with van der Waals surface area (Å²) >= 11 is 0. The zero-order valence-corrected chi connectivity index (χ0v) is 10.9. The maximum Gasteiger partial charge on any atom is 0.327 e. The van der Waals surface area contributed by atoms with Crippen molar-refractivity contribution in [3.63, 3.8) is 0 Å². The van der Waals surface area contributed by atoms with Gasteiger partial charge in [-0.3, -0.25) is 4.57 Å². The second-order valence-electron chi connectivity index (χ2n) is 5.05. The minimum atomic E-state index is 0.0888. The molecule has 1 atom stereocenters. The summed E-state index contributed by atoms with van der Waals surface area (Å²) in [6, 6.07) is 0.447. The molecule has 0 spiro atoms. The van der Waals surface area contributed by atoms with Gasteiger partial charge in [0.1, 0.15) is 0 Å². The predicted octanol–water partition coefficient (Wildman–Crippen LogP) is 1.36. The van der Waals surface area contributed by atoms with Crippen LogP contribution in [0, 0.1) is 5.92 Å². The molecule has 0 saturated heterocycles. The summed E-state index contributed by atoms with van der Waals surface area (Å²) in [5.41, 5.74) is 0.0888. The fourth-order valence-corrected chi connectivity index (χ4v) is 2.86. The van der Waals surface area contributed by atoms with E-state index in [0.29, 0.717) is 6.04 Å². The molecule has 17 heavy (non-hydrogen) atoms. The third-order valence-corrected chi connectivity index (χ3v) is 3.85. The van der Waals surface area contributed by atoms with Crippen molar-refractivity contribution in [2.45, 2.75) is 45.2 Å². The monoisotopic (exact) mass is 237 g/mol. The molecule has 1 aliphatic carbocycles. The summed E-state index contributed by atoms with van der Waals surface area (Å²) in [6.07, 6.45) is 9.02. The summed E-state index contributed by atoms with van der Waals surface area (Å²) in [5, 5.41) is 3.54. The van der Waals surface area contributed by atoms with E-state index in [4.69, 9.17) is 0 Å². The molecular weight excluding hydrogens is 214 g/mol. The van der Waals surface area contributed by atoms with Gasteiger partial charge >= 0.3 is 5.69 Å². The highest BCUT2D eigenvalue weighted by Crippen LogP contribution is 2.28. The molecule has 1 aromatic heterocycles. The summed E-state index contributed by atoms with van der Waals surface area (Å²) in [7, 11) is 1.80. The Kier molecular flexibility index (Phi) is 4.05. The molecule has 0 aromatic carbocycles. The molecule has 96 valence electrons. The van der Waals surface area contributed by atoms with E-state index in [9.17, 15) is 4.79 Å². The van der Waals surface area contributed by atoms with E-state index in [0.717, 1.165) is 19.0 Å². The van der Waals surface area contributed by atoms with Gasteiger partial charge in [-0.15, -0.1) is 0 Å². The maximum absolute atomic E-state index is 11.8. The topological polar surface area (TPSA) is 39.0 Å². The van der Waals surface area contributed by atoms with Gasteiger partial charge < -0.3 is 9.88 Å². The Bertz CT molecular complexity index is 401. The fourth-order valence-electron chi connectivity index (χ4n) is 2.86. The largest absolute Gasteiger partial charge is 0.327 e. The van der Waals surface area contributed by atoms with Gasteiger partial charge in [-0.05, 0) is 25.3 Å². The van der Waals surface area contributed by atoms with Crippen LogP contribution in [0.5, 0.6) is 0 Å². The molecule has 1 heterocycles. The Balaban J connectivity index is 2.06. The lowest BCUT2D eigenvalue weighted by molar-refractivity contribution is 0.324. The highest BCUT2D eigenvalue weighted by molar-refractivity contribution is 4.86. The summed E-state index contributed by atoms with van der Waals surface area (Å²) in [6.45, 7) is 3.91. The molecule has 0 amide bonds. The summed E-state index contributed by atoms with van der Waals surface area (Å²) in [5.74, 6) is 0.738. The number of nitrogens with zero attached hydrogens (tertiary/aromatic N) is 2. The highest BCUT2D eigenvalue weighted by atomic mass is 16.1. The van der Waals surface area contributed by atoms with Crippen molar-refractivity contribution in [1.82, 2.24) is 14.5 Å². The number of likely N-dealkylation sites (N-methyl/N-ethyl adjacent to an activating group) is 1. The van der Waals surface area contributed by atoms with Gasteiger partial charge in [0.05, 0.1) is 0 Å². The van der Waals surface area contributed by atoms with Gasteiger partial charge in [0.15, 0.2) is 0 Å². The Morgan fingerprint density at radius 1 is 1.41 bits per heavy atom. The third kappa shape index (κ3) is 2.80. The molecule has 4 heteroatoms. The second-order valence-corrected chi connectivity index (χ2v) is 5.05. The summed E-state index contributed by atoms with van der Waals surface area (Å²) in [4.78, 5) is 11.8. The number of hydrogen-bond donors (Lipinski definition) is 1. The van der Waals surface area contributed by atoms with Crippen molar-refractivity contribution in [2.75, 3.05) is 6.54 Å². The van der Waals surface area contributed by atoms with Crippen LogP contribution in [0.2, 0.25) is 0 Å². The predicted molar refractivity (Wildman–Crippen MR) is 69.1 cm³/mol. The molecule has 2 rings (SSSR count). The number of hydrogen-bond acceptors (Lipinski definition) is 2. The van der Waals surface area contributed by atoms with Crippen LogP contribution >= 0.6 is 0 Å². The molecule has 1 fully saturated rings. The highest BCUT2D eigenvalue weighted by Gasteiger charge is 2.24. The van der Waals surface area contributed by atoms with Gasteiger partial charge in [-0.1, -0.05) is 19.8 Å². The average molecular weight is 237 g/mol. The van der Waals surface area contributed by atoms with Crippen LogP contribution < -0.4 is 11.0 Å². The molecule has 0 aliphatic heterocycles. The molecule has 0 bridgehead atoms. The van der Waals surface area contributed by atoms with E-state index < -0.39 is 0 Å². The molecule has 4 nitrogen and oxygen atoms in total. The van der Waals surface area contributed by atoms with Gasteiger partial charge in [-0.25, -0.2) is 4.79 Å². The van der Waals surface area contributed by atoms with E-state index in [2.05, 4.69) is 12.2 Å². The van der Waals surface area contributed by atoms with Crippen molar-refractivity contribution in [3.05, 3.63) is 22.9 Å². The van der Waals surface area contributed by atoms with Crippen molar-refractivity contribution in [1.29, 1.82) is 0 Å². The normalized spacial score (nSPS) is 18.7. The van der Waals surface area contributed by atoms with Gasteiger partial charge in [0, 0.05) is 32.0 Å². The van der Waals surface area contributed by atoms with Gasteiger partial charge in [-0.2, -0.15) is 0 Å². The average Bonchev–Trinajstić information content (AvgIpc) is 2.93. The van der Waals surface area contributed by atoms with Crippen molar-refractivity contribution < 1.29 is 0 Å². The number of aromatic nitrogens is 2. The lowest BCUT2D eigenvalue weighted by Crippen LogP contribution is -2.41. The molecule has 1 N–H and O–H groups in total. The van der Waals surface area contributed by atoms with Crippen LogP contribution in [-0.2, 0) is 13.6 Å². The zero-order valence-electron chi connectivity index (χ0n) is 10.9. The van der Waals surface area contributed by atoms with Gasteiger partial charge in [0.25, 0.3) is 0 Å². The number of rotatable bonds is 5. The van der Waals surface area contributed by atoms with Crippen molar-refractivity contribution in [2.24, 2.45) is 13.0 Å². The van der Waals surface area contributed by atoms with E-state index >= 15 is 0 Å². The SMILES string of the molecule is CCNC(Cn1ccn(C)c1=O)C1CCCC1. The van der Waals surface area contributed by atoms with Crippen LogP contribution in [0.25, 0.3) is 0 Å². The minimum Gasteiger partial charge on any atom is -0.312 e. The van der Waals surface area contributed by atoms with Crippen molar-refractivity contribution in [3.8, 4) is 0 Å². The van der Waals surface area contributed by atoms with E-state index in [1.807, 2.05) is 17.0 Å². The number of aryl methyl sites for hydroxylation is 1. The Morgan fingerprint density at radius 3 is 2.65 bits per heavy atom. The Morgan fingerprint density at radius 2 is 2.12 bits per heavy atom. The lowest BCUT2D eigenvalue weighted by Gasteiger charge is -2.24. The molecule has 1 saturated carbocycles. The van der Waals surface area contributed by atoms with Crippen LogP contribution in [0.4, 0.5) is 0 Å². The maximum atomic E-state index is 11.8. The van der Waals surface area contributed by atoms with Crippen LogP contribution in [0.15, 0.2) is 17.2 Å². The fraction of sp³-hybridized carbons (Fsp3) is 0.769. The molecule has 1 aliphatic rings. The quantitative estimate of drug-likeness (QED) is 0.839. The van der Waals surface area contributed by atoms with Crippen LogP contribution in [-0.4, -0.2) is 21.7 Å². The number of nitrogens with one attached hydrogen (secondary N) is 1. The van der Waals surface area contributed by atoms with Crippen molar-refractivity contribution >= 4 is 0 Å². The first-order valence-electron chi connectivity index (χ1n) is 6.67. The first-order valence-corrected chi connectivity index (χ1v) is 6.67. The first kappa shape index (κ1) is 12.4. The smallest absolute Gasteiger partial charge is 0.312 e. The Hall–Kier alpha value is -1.03. The molecule has 1 unspecified atom stereocenters. The van der Waals surface area contributed by atoms with E-state index in [-0.39, 0.29) is 5.69 Å². The minimum absolute atomic E-state index is 0.0888. The van der Waals surface area contributed by atoms with E-state index in [1.54, 1.807) is 11.6 Å².